The van der Waals surface area contributed by atoms with E-state index >= 15 is 0 Å². The normalized spacial score (nSPS) is 22.8. The quantitative estimate of drug-likeness (QED) is 0.351. The maximum absolute atomic E-state index is 13.3. The van der Waals surface area contributed by atoms with Crippen LogP contribution in [0.3, 0.4) is 0 Å². The van der Waals surface area contributed by atoms with Gasteiger partial charge in [-0.2, -0.15) is 0 Å². The van der Waals surface area contributed by atoms with Crippen LogP contribution in [-0.4, -0.2) is 40.9 Å². The van der Waals surface area contributed by atoms with Crippen LogP contribution in [0, 0.1) is 11.3 Å². The topological polar surface area (TPSA) is 102 Å². The Bertz CT molecular complexity index is 1050. The summed E-state index contributed by atoms with van der Waals surface area (Å²) in [4.78, 5) is 38.7. The smallest absolute Gasteiger partial charge is 0.408 e. The number of cyclic esters (lactones) is 1. The Balaban J connectivity index is 1.98. The van der Waals surface area contributed by atoms with E-state index in [0.717, 1.165) is 10.0 Å². The molecule has 2 aromatic rings. The summed E-state index contributed by atoms with van der Waals surface area (Å²) in [6.07, 6.45) is -0.770. The van der Waals surface area contributed by atoms with Crippen molar-refractivity contribution in [3.63, 3.8) is 0 Å². The van der Waals surface area contributed by atoms with Gasteiger partial charge in [-0.25, -0.2) is 4.79 Å². The molecule has 2 aromatic carbocycles. The van der Waals surface area contributed by atoms with E-state index in [1.807, 2.05) is 49.4 Å². The Morgan fingerprint density at radius 1 is 1.11 bits per heavy atom. The zero-order valence-electron chi connectivity index (χ0n) is 20.4. The van der Waals surface area contributed by atoms with Gasteiger partial charge in [0.1, 0.15) is 11.7 Å². The van der Waals surface area contributed by atoms with E-state index in [4.69, 9.17) is 9.47 Å². The molecule has 1 amide bonds. The van der Waals surface area contributed by atoms with E-state index in [1.165, 1.54) is 0 Å². The van der Waals surface area contributed by atoms with Crippen LogP contribution in [0.25, 0.3) is 0 Å². The molecule has 3 rings (SSSR count). The number of ether oxygens (including phenoxy) is 2. The van der Waals surface area contributed by atoms with Crippen molar-refractivity contribution in [1.82, 2.24) is 5.32 Å². The molecule has 0 saturated carbocycles. The third-order valence-electron chi connectivity index (χ3n) is 6.25. The fraction of sp³-hybridized carbons (Fsp3) is 0.444. The number of alkyl carbamates (subject to hydrolysis) is 1. The van der Waals surface area contributed by atoms with Gasteiger partial charge in [0.25, 0.3) is 0 Å². The molecule has 1 aliphatic heterocycles. The molecular formula is C27H32BrNO6. The molecule has 0 bridgehead atoms. The number of carboxylic acid groups (broad SMARTS) is 1. The number of nitrogens with one attached hydrogen (secondary N) is 1. The summed E-state index contributed by atoms with van der Waals surface area (Å²) in [5.41, 5.74) is -0.853. The lowest BCUT2D eigenvalue weighted by Gasteiger charge is -2.32. The molecule has 0 radical (unpaired) electrons. The Morgan fingerprint density at radius 3 is 2.29 bits per heavy atom. The van der Waals surface area contributed by atoms with Crippen molar-refractivity contribution in [2.24, 2.45) is 11.3 Å². The molecule has 0 aliphatic carbocycles. The second-order valence-corrected chi connectivity index (χ2v) is 10.8. The first kappa shape index (κ1) is 26.7. The van der Waals surface area contributed by atoms with E-state index in [9.17, 15) is 19.5 Å². The second-order valence-electron chi connectivity index (χ2n) is 9.91. The molecule has 188 valence electrons. The van der Waals surface area contributed by atoms with Crippen LogP contribution in [0.15, 0.2) is 59.1 Å². The van der Waals surface area contributed by atoms with E-state index in [1.54, 1.807) is 32.9 Å². The van der Waals surface area contributed by atoms with Crippen molar-refractivity contribution >= 4 is 34.0 Å². The molecule has 0 spiro atoms. The molecule has 0 aromatic heterocycles. The number of esters is 1. The van der Waals surface area contributed by atoms with Gasteiger partial charge in [-0.3, -0.25) is 9.59 Å². The minimum Gasteiger partial charge on any atom is -0.480 e. The molecule has 2 N–H and O–H groups in total. The highest BCUT2D eigenvalue weighted by Crippen LogP contribution is 2.46. The summed E-state index contributed by atoms with van der Waals surface area (Å²) in [7, 11) is 0. The summed E-state index contributed by atoms with van der Waals surface area (Å²) in [5, 5.41) is 13.2. The van der Waals surface area contributed by atoms with Crippen LogP contribution in [0.1, 0.15) is 45.2 Å². The van der Waals surface area contributed by atoms with Crippen LogP contribution >= 0.6 is 15.9 Å². The minimum absolute atomic E-state index is 0.00600. The summed E-state index contributed by atoms with van der Waals surface area (Å²) in [6, 6.07) is 16.0. The van der Waals surface area contributed by atoms with Crippen molar-refractivity contribution < 1.29 is 29.0 Å². The van der Waals surface area contributed by atoms with Gasteiger partial charge in [0.05, 0.1) is 6.04 Å². The van der Waals surface area contributed by atoms with Crippen LogP contribution in [0.4, 0.5) is 4.79 Å². The monoisotopic (exact) mass is 545 g/mol. The van der Waals surface area contributed by atoms with Gasteiger partial charge >= 0.3 is 18.0 Å². The first-order valence-corrected chi connectivity index (χ1v) is 12.5. The van der Waals surface area contributed by atoms with Crippen molar-refractivity contribution in [2.75, 3.05) is 0 Å². The number of amides is 1. The second kappa shape index (κ2) is 10.8. The first-order chi connectivity index (χ1) is 16.5. The number of rotatable bonds is 8. The molecule has 1 heterocycles. The molecule has 1 saturated heterocycles. The third-order valence-corrected chi connectivity index (χ3v) is 6.78. The number of carbonyl (C=O) groups excluding carboxylic acids is 2. The van der Waals surface area contributed by atoms with Crippen molar-refractivity contribution in [3.8, 4) is 0 Å². The lowest BCUT2D eigenvalue weighted by atomic mass is 9.68. The van der Waals surface area contributed by atoms with Gasteiger partial charge in [0, 0.05) is 10.4 Å². The average Bonchev–Trinajstić information content (AvgIpc) is 3.06. The van der Waals surface area contributed by atoms with Crippen LogP contribution in [-0.2, 0) is 31.9 Å². The predicted molar refractivity (Wildman–Crippen MR) is 135 cm³/mol. The lowest BCUT2D eigenvalue weighted by Crippen LogP contribution is -2.51. The minimum atomic E-state index is -1.77. The predicted octanol–water partition coefficient (Wildman–Crippen LogP) is 5.15. The van der Waals surface area contributed by atoms with Crippen molar-refractivity contribution in [2.45, 2.75) is 64.7 Å². The molecule has 8 heteroatoms. The van der Waals surface area contributed by atoms with E-state index in [-0.39, 0.29) is 6.42 Å². The molecule has 35 heavy (non-hydrogen) atoms. The average molecular weight is 546 g/mol. The number of carbonyl (C=O) groups is 3. The summed E-state index contributed by atoms with van der Waals surface area (Å²) in [5.74, 6) is -2.68. The van der Waals surface area contributed by atoms with Crippen molar-refractivity contribution in [1.29, 1.82) is 0 Å². The lowest BCUT2D eigenvalue weighted by molar-refractivity contribution is -0.162. The molecule has 4 atom stereocenters. The SMILES string of the molecule is CCC1[C@@H]([C@H](Cc2ccccc2)NC(=O)OC(C)(C)C)OC(=O)C1(Cc1ccc(Br)cc1)C(=O)O. The Morgan fingerprint density at radius 2 is 1.74 bits per heavy atom. The Hall–Kier alpha value is -2.87. The molecule has 2 unspecified atom stereocenters. The van der Waals surface area contributed by atoms with Crippen LogP contribution in [0.2, 0.25) is 0 Å². The number of halogens is 1. The number of hydrogen-bond acceptors (Lipinski definition) is 5. The van der Waals surface area contributed by atoms with Gasteiger partial charge in [-0.15, -0.1) is 0 Å². The van der Waals surface area contributed by atoms with Gasteiger partial charge in [-0.05, 0) is 63.3 Å². The molecule has 1 fully saturated rings. The third kappa shape index (κ3) is 6.23. The van der Waals surface area contributed by atoms with Gasteiger partial charge in [0.2, 0.25) is 0 Å². The number of aliphatic carboxylic acids is 1. The Labute approximate surface area is 214 Å². The highest BCUT2D eigenvalue weighted by Gasteiger charge is 2.63. The number of hydrogen-bond donors (Lipinski definition) is 2. The van der Waals surface area contributed by atoms with E-state index in [0.29, 0.717) is 18.4 Å². The standard InChI is InChI=1S/C27H32BrNO6/c1-5-20-22(21(15-17-9-7-6-8-10-17)29-25(33)35-26(2,3)4)34-24(32)27(20,23(30)31)16-18-11-13-19(28)14-12-18/h6-14,20-22H,5,15-16H2,1-4H3,(H,29,33)(H,30,31)/t20?,21-,22-,27?/m0/s1. The van der Waals surface area contributed by atoms with E-state index < -0.39 is 47.1 Å². The van der Waals surface area contributed by atoms with E-state index in [2.05, 4.69) is 21.2 Å². The zero-order chi connectivity index (χ0) is 25.8. The summed E-state index contributed by atoms with van der Waals surface area (Å²) >= 11 is 3.38. The fourth-order valence-corrected chi connectivity index (χ4v) is 4.98. The van der Waals surface area contributed by atoms with Gasteiger partial charge < -0.3 is 19.9 Å². The van der Waals surface area contributed by atoms with Crippen molar-refractivity contribution in [3.05, 3.63) is 70.2 Å². The molecule has 7 nitrogen and oxygen atoms in total. The number of carboxylic acids is 1. The molecular weight excluding hydrogens is 514 g/mol. The zero-order valence-corrected chi connectivity index (χ0v) is 22.0. The van der Waals surface area contributed by atoms with Crippen LogP contribution in [0.5, 0.6) is 0 Å². The summed E-state index contributed by atoms with van der Waals surface area (Å²) < 4.78 is 12.1. The Kier molecular flexibility index (Phi) is 8.26. The number of benzene rings is 2. The van der Waals surface area contributed by atoms with Gasteiger partial charge in [-0.1, -0.05) is 65.3 Å². The maximum Gasteiger partial charge on any atom is 0.408 e. The highest BCUT2D eigenvalue weighted by molar-refractivity contribution is 9.10. The maximum atomic E-state index is 13.3. The fourth-order valence-electron chi connectivity index (χ4n) is 4.71. The molecule has 1 aliphatic rings. The summed E-state index contributed by atoms with van der Waals surface area (Å²) in [6.45, 7) is 7.12. The largest absolute Gasteiger partial charge is 0.480 e. The van der Waals surface area contributed by atoms with Crippen LogP contribution < -0.4 is 5.32 Å². The first-order valence-electron chi connectivity index (χ1n) is 11.7. The van der Waals surface area contributed by atoms with Gasteiger partial charge in [0.15, 0.2) is 5.41 Å². The highest BCUT2D eigenvalue weighted by atomic mass is 79.9.